The number of pyridine rings is 1. The molecule has 0 saturated heterocycles. The molecule has 0 saturated carbocycles. The van der Waals surface area contributed by atoms with Crippen LogP contribution in [0.3, 0.4) is 0 Å². The molecule has 0 unspecified atom stereocenters. The van der Waals surface area contributed by atoms with Crippen molar-refractivity contribution in [2.45, 2.75) is 84.8 Å². The smallest absolute Gasteiger partial charge is 0.293 e. The summed E-state index contributed by atoms with van der Waals surface area (Å²) in [6.07, 6.45) is 9.16. The van der Waals surface area contributed by atoms with E-state index in [0.717, 1.165) is 35.2 Å². The second kappa shape index (κ2) is 12.3. The number of nitrogens with zero attached hydrogens (tertiary/aromatic N) is 1. The molecule has 1 aromatic heterocycles. The van der Waals surface area contributed by atoms with Gasteiger partial charge in [-0.3, -0.25) is 9.78 Å². The van der Waals surface area contributed by atoms with Gasteiger partial charge in [0.15, 0.2) is 0 Å². The highest BCUT2D eigenvalue weighted by molar-refractivity contribution is 5.65. The maximum absolute atomic E-state index is 10.7. The zero-order valence-corrected chi connectivity index (χ0v) is 23.2. The fourth-order valence-electron chi connectivity index (χ4n) is 5.17. The van der Waals surface area contributed by atoms with E-state index in [1.165, 1.54) is 22.3 Å². The fraction of sp³-hybridized carbons (Fsp3) is 0.394. The van der Waals surface area contributed by atoms with Crippen LogP contribution in [0.5, 0.6) is 0 Å². The maximum Gasteiger partial charge on any atom is 0.293 e. The molecule has 3 rings (SSSR count). The van der Waals surface area contributed by atoms with Crippen molar-refractivity contribution in [1.29, 1.82) is 0 Å². The summed E-state index contributed by atoms with van der Waals surface area (Å²) in [5, 5.41) is 10.7. The lowest BCUT2D eigenvalue weighted by Crippen LogP contribution is -2.26. The number of rotatable bonds is 12. The minimum absolute atomic E-state index is 0.0900. The molecule has 1 N–H and O–H groups in total. The van der Waals surface area contributed by atoms with E-state index in [2.05, 4.69) is 75.2 Å². The van der Waals surface area contributed by atoms with E-state index >= 15 is 0 Å². The van der Waals surface area contributed by atoms with E-state index < -0.39 is 5.60 Å². The molecule has 0 aliphatic rings. The van der Waals surface area contributed by atoms with Crippen LogP contribution in [0.1, 0.15) is 86.8 Å². The third-order valence-electron chi connectivity index (χ3n) is 8.02. The van der Waals surface area contributed by atoms with Crippen LogP contribution in [0.25, 0.3) is 17.3 Å². The highest BCUT2D eigenvalue weighted by Crippen LogP contribution is 2.41. The van der Waals surface area contributed by atoms with E-state index in [0.29, 0.717) is 19.3 Å². The van der Waals surface area contributed by atoms with Gasteiger partial charge in [0.05, 0.1) is 11.3 Å². The first-order valence-electron chi connectivity index (χ1n) is 13.4. The summed E-state index contributed by atoms with van der Waals surface area (Å²) in [6.45, 7) is 13.5. The Labute approximate surface area is 222 Å². The Morgan fingerprint density at radius 3 is 2.03 bits per heavy atom. The summed E-state index contributed by atoms with van der Waals surface area (Å²) in [5.74, 6) is 0. The van der Waals surface area contributed by atoms with E-state index in [1.54, 1.807) is 6.20 Å². The topological polar surface area (TPSA) is 59.4 Å². The van der Waals surface area contributed by atoms with Crippen molar-refractivity contribution < 1.29 is 14.6 Å². The van der Waals surface area contributed by atoms with Gasteiger partial charge in [0.2, 0.25) is 0 Å². The van der Waals surface area contributed by atoms with Crippen LogP contribution in [0.4, 0.5) is 0 Å². The van der Waals surface area contributed by atoms with Crippen molar-refractivity contribution >= 4 is 12.5 Å². The van der Waals surface area contributed by atoms with Gasteiger partial charge in [-0.25, -0.2) is 0 Å². The monoisotopic (exact) mass is 499 g/mol. The van der Waals surface area contributed by atoms with Crippen LogP contribution in [0, 0.1) is 13.8 Å². The van der Waals surface area contributed by atoms with Crippen molar-refractivity contribution in [3.05, 3.63) is 94.2 Å². The molecule has 3 aromatic rings. The van der Waals surface area contributed by atoms with Gasteiger partial charge in [-0.1, -0.05) is 82.3 Å². The average Bonchev–Trinajstić information content (AvgIpc) is 2.92. The highest BCUT2D eigenvalue weighted by atomic mass is 16.5. The van der Waals surface area contributed by atoms with Gasteiger partial charge in [-0.05, 0) is 73.4 Å². The minimum atomic E-state index is -0.751. The maximum atomic E-state index is 10.7. The van der Waals surface area contributed by atoms with E-state index in [4.69, 9.17) is 4.74 Å². The van der Waals surface area contributed by atoms with Crippen molar-refractivity contribution in [2.24, 2.45) is 0 Å². The van der Waals surface area contributed by atoms with Crippen LogP contribution < -0.4 is 0 Å². The molecular weight excluding hydrogens is 458 g/mol. The summed E-state index contributed by atoms with van der Waals surface area (Å²) in [6, 6.07) is 17.4. The molecule has 0 amide bonds. The summed E-state index contributed by atoms with van der Waals surface area (Å²) in [7, 11) is 0. The predicted octanol–water partition coefficient (Wildman–Crippen LogP) is 7.71. The third-order valence-corrected chi connectivity index (χ3v) is 8.02. The normalized spacial score (nSPS) is 12.2. The summed E-state index contributed by atoms with van der Waals surface area (Å²) in [5.41, 5.74) is 8.20. The Bertz CT molecular complexity index is 1220. The minimum Gasteiger partial charge on any atom is -0.463 e. The Morgan fingerprint density at radius 2 is 1.51 bits per heavy atom. The molecule has 0 atom stereocenters. The van der Waals surface area contributed by atoms with Crippen LogP contribution in [0.2, 0.25) is 0 Å². The number of benzene rings is 2. The number of aliphatic hydroxyl groups is 1. The van der Waals surface area contributed by atoms with Crippen molar-refractivity contribution in [2.75, 3.05) is 0 Å². The predicted molar refractivity (Wildman–Crippen MR) is 152 cm³/mol. The molecule has 0 aliphatic heterocycles. The molecule has 4 heteroatoms. The third kappa shape index (κ3) is 6.19. The molecular formula is C33H41NO3. The van der Waals surface area contributed by atoms with Crippen LogP contribution in [-0.2, 0) is 21.6 Å². The number of hydrogen-bond acceptors (Lipinski definition) is 4. The number of ether oxygens (including phenoxy) is 1. The number of aromatic nitrogens is 1. The van der Waals surface area contributed by atoms with Gasteiger partial charge >= 0.3 is 0 Å². The first-order chi connectivity index (χ1) is 17.8. The highest BCUT2D eigenvalue weighted by Gasteiger charge is 2.31. The average molecular weight is 500 g/mol. The Kier molecular flexibility index (Phi) is 9.45. The Balaban J connectivity index is 1.95. The lowest BCUT2D eigenvalue weighted by atomic mass is 9.69. The second-order valence-corrected chi connectivity index (χ2v) is 9.99. The molecule has 0 aliphatic carbocycles. The van der Waals surface area contributed by atoms with Gasteiger partial charge in [-0.2, -0.15) is 0 Å². The van der Waals surface area contributed by atoms with E-state index in [-0.39, 0.29) is 12.0 Å². The van der Waals surface area contributed by atoms with Crippen molar-refractivity contribution in [3.8, 4) is 11.3 Å². The van der Waals surface area contributed by atoms with E-state index in [1.807, 2.05) is 32.1 Å². The quantitative estimate of drug-likeness (QED) is 0.259. The molecule has 0 fully saturated rings. The molecule has 2 aromatic carbocycles. The van der Waals surface area contributed by atoms with Crippen LogP contribution in [0.15, 0.2) is 60.8 Å². The van der Waals surface area contributed by atoms with Gasteiger partial charge in [-0.15, -0.1) is 0 Å². The lowest BCUT2D eigenvalue weighted by molar-refractivity contribution is -0.129. The summed E-state index contributed by atoms with van der Waals surface area (Å²) >= 11 is 0. The van der Waals surface area contributed by atoms with Crippen LogP contribution >= 0.6 is 0 Å². The van der Waals surface area contributed by atoms with Crippen molar-refractivity contribution in [3.63, 3.8) is 0 Å². The van der Waals surface area contributed by atoms with Gasteiger partial charge in [0, 0.05) is 22.7 Å². The second-order valence-electron chi connectivity index (χ2n) is 9.99. The zero-order valence-electron chi connectivity index (χ0n) is 23.2. The molecule has 196 valence electrons. The van der Waals surface area contributed by atoms with Crippen molar-refractivity contribution in [1.82, 2.24) is 4.98 Å². The Hall–Kier alpha value is -3.24. The summed E-state index contributed by atoms with van der Waals surface area (Å²) in [4.78, 5) is 15.0. The van der Waals surface area contributed by atoms with Gasteiger partial charge in [0.1, 0.15) is 6.61 Å². The number of carbonyl (C=O) groups is 1. The van der Waals surface area contributed by atoms with Gasteiger partial charge < -0.3 is 9.84 Å². The molecule has 0 spiro atoms. The first-order valence-corrected chi connectivity index (χ1v) is 13.4. The van der Waals surface area contributed by atoms with Gasteiger partial charge in [0.25, 0.3) is 6.47 Å². The zero-order chi connectivity index (χ0) is 27.1. The molecule has 0 radical (unpaired) electrons. The number of carbonyl (C=O) groups excluding carboxylic acids is 1. The lowest BCUT2D eigenvalue weighted by Gasteiger charge is -2.34. The standard InChI is InChI=1S/C33H41NO3/c1-7-32(36,8-2)18-17-27-12-13-28(19-24(27)5)33(9-3,10-4)29-14-15-30(25(6)20-29)31-16-11-26(21-34-31)22-37-23-35/h11-21,23,36H,7-10,22H2,1-6H3. The van der Waals surface area contributed by atoms with E-state index in [9.17, 15) is 9.90 Å². The molecule has 0 bridgehead atoms. The number of hydrogen-bond donors (Lipinski definition) is 1. The molecule has 1 heterocycles. The summed E-state index contributed by atoms with van der Waals surface area (Å²) < 4.78 is 4.83. The largest absolute Gasteiger partial charge is 0.463 e. The Morgan fingerprint density at radius 1 is 0.865 bits per heavy atom. The van der Waals surface area contributed by atoms with Crippen LogP contribution in [-0.4, -0.2) is 22.2 Å². The fourth-order valence-corrected chi connectivity index (χ4v) is 5.17. The molecule has 4 nitrogen and oxygen atoms in total. The number of aryl methyl sites for hydroxylation is 2. The first kappa shape index (κ1) is 28.3. The molecule has 37 heavy (non-hydrogen) atoms. The SMILES string of the molecule is CCC(O)(C=Cc1ccc(C(CC)(CC)c2ccc(-c3ccc(COC=O)cn3)c(C)c2)cc1C)CC.